The highest BCUT2D eigenvalue weighted by Crippen LogP contribution is 2.38. The molecular formula is C26H31ClFN7O4. The maximum Gasteiger partial charge on any atom is 0.228 e. The second-order valence-corrected chi connectivity index (χ2v) is 8.78. The van der Waals surface area contributed by atoms with E-state index in [1.165, 1.54) is 14.2 Å². The van der Waals surface area contributed by atoms with Gasteiger partial charge >= 0.3 is 0 Å². The number of nitrogens with two attached hydrogens (primary N) is 2. The molecular weight excluding hydrogens is 529 g/mol. The van der Waals surface area contributed by atoms with E-state index in [1.807, 2.05) is 4.90 Å². The summed E-state index contributed by atoms with van der Waals surface area (Å²) in [6, 6.07) is 10.0. The van der Waals surface area contributed by atoms with Gasteiger partial charge in [0, 0.05) is 51.1 Å². The molecule has 1 aliphatic heterocycles. The van der Waals surface area contributed by atoms with Gasteiger partial charge in [-0.3, -0.25) is 4.79 Å². The van der Waals surface area contributed by atoms with Gasteiger partial charge in [-0.15, -0.1) is 12.4 Å². The Morgan fingerprint density at radius 2 is 1.85 bits per heavy atom. The summed E-state index contributed by atoms with van der Waals surface area (Å²) in [5.41, 5.74) is 13.8. The lowest BCUT2D eigenvalue weighted by molar-refractivity contribution is -0.131. The minimum atomic E-state index is -0.698. The monoisotopic (exact) mass is 559 g/mol. The SMILES string of the molecule is COCCOc1c(OC)cc2c(N)nc(N3CCN(C(=O)C[C@@H](N)c4ccc(C#N)cc4)CC3)nc2c1F.Cl. The maximum absolute atomic E-state index is 15.5. The van der Waals surface area contributed by atoms with Crippen LogP contribution in [0.2, 0.25) is 0 Å². The zero-order valence-electron chi connectivity index (χ0n) is 21.7. The largest absolute Gasteiger partial charge is 0.493 e. The summed E-state index contributed by atoms with van der Waals surface area (Å²) in [7, 11) is 2.93. The number of hydrogen-bond donors (Lipinski definition) is 2. The van der Waals surface area contributed by atoms with Gasteiger partial charge in [-0.05, 0) is 23.8 Å². The van der Waals surface area contributed by atoms with Gasteiger partial charge in [0.05, 0.1) is 25.3 Å². The quantitative estimate of drug-likeness (QED) is 0.374. The number of amides is 1. The fourth-order valence-corrected chi connectivity index (χ4v) is 4.25. The van der Waals surface area contributed by atoms with Crippen LogP contribution in [0.1, 0.15) is 23.6 Å². The van der Waals surface area contributed by atoms with Crippen molar-refractivity contribution in [2.75, 3.05) is 64.2 Å². The van der Waals surface area contributed by atoms with Gasteiger partial charge in [-0.25, -0.2) is 9.37 Å². The Bertz CT molecular complexity index is 1350. The van der Waals surface area contributed by atoms with Gasteiger partial charge in [0.2, 0.25) is 11.9 Å². The van der Waals surface area contributed by atoms with Crippen LogP contribution in [0.15, 0.2) is 30.3 Å². The third-order valence-electron chi connectivity index (χ3n) is 6.40. The summed E-state index contributed by atoms with van der Waals surface area (Å²) in [6.07, 6.45) is 0.143. The molecule has 208 valence electrons. The van der Waals surface area contributed by atoms with Crippen LogP contribution in [0.25, 0.3) is 10.9 Å². The molecule has 2 aromatic carbocycles. The van der Waals surface area contributed by atoms with Crippen LogP contribution >= 0.6 is 12.4 Å². The Balaban J connectivity index is 0.00000420. The highest BCUT2D eigenvalue weighted by atomic mass is 35.5. The number of benzene rings is 2. The molecule has 13 heteroatoms. The molecule has 1 fully saturated rings. The predicted octanol–water partition coefficient (Wildman–Crippen LogP) is 2.42. The molecule has 0 radical (unpaired) electrons. The molecule has 4 N–H and O–H groups in total. The van der Waals surface area contributed by atoms with E-state index in [-0.39, 0.29) is 66.7 Å². The number of aromatic nitrogens is 2. The standard InChI is InChI=1S/C26H30FN7O4.ClH/c1-36-11-12-38-24-20(37-2)13-18-23(22(24)27)31-26(32-25(18)30)34-9-7-33(8-10-34)21(35)14-19(29)17-5-3-16(15-28)4-6-17;/h3-6,13,19H,7-12,14,29H2,1-2H3,(H2,30,31,32);1H/t19-;/m1./s1. The Kier molecular flexibility index (Phi) is 10.1. The van der Waals surface area contributed by atoms with E-state index in [1.54, 1.807) is 35.2 Å². The fourth-order valence-electron chi connectivity index (χ4n) is 4.25. The molecule has 0 saturated carbocycles. The first-order chi connectivity index (χ1) is 18.4. The molecule has 0 unspecified atom stereocenters. The highest BCUT2D eigenvalue weighted by Gasteiger charge is 2.26. The molecule has 39 heavy (non-hydrogen) atoms. The van der Waals surface area contributed by atoms with Crippen molar-refractivity contribution < 1.29 is 23.4 Å². The zero-order chi connectivity index (χ0) is 27.2. The third kappa shape index (κ3) is 6.57. The zero-order valence-corrected chi connectivity index (χ0v) is 22.5. The van der Waals surface area contributed by atoms with E-state index in [9.17, 15) is 4.79 Å². The van der Waals surface area contributed by atoms with Gasteiger partial charge in [0.15, 0.2) is 17.3 Å². The Morgan fingerprint density at radius 3 is 2.46 bits per heavy atom. The van der Waals surface area contributed by atoms with E-state index in [0.29, 0.717) is 37.1 Å². The molecule has 1 amide bonds. The molecule has 0 spiro atoms. The van der Waals surface area contributed by atoms with Crippen LogP contribution in [-0.2, 0) is 9.53 Å². The second kappa shape index (κ2) is 13.2. The van der Waals surface area contributed by atoms with E-state index in [2.05, 4.69) is 16.0 Å². The second-order valence-electron chi connectivity index (χ2n) is 8.78. The smallest absolute Gasteiger partial charge is 0.228 e. The van der Waals surface area contributed by atoms with Crippen molar-refractivity contribution in [1.29, 1.82) is 5.26 Å². The molecule has 0 bridgehead atoms. The minimum Gasteiger partial charge on any atom is -0.493 e. The Labute approximate surface area is 231 Å². The number of carbonyl (C=O) groups excluding carboxylic acids is 1. The normalized spacial score (nSPS) is 13.9. The van der Waals surface area contributed by atoms with Gasteiger partial charge < -0.3 is 35.5 Å². The van der Waals surface area contributed by atoms with Crippen LogP contribution in [-0.4, -0.2) is 74.4 Å². The number of nitrogens with zero attached hydrogens (tertiary/aromatic N) is 5. The van der Waals surface area contributed by atoms with Crippen LogP contribution in [0, 0.1) is 17.1 Å². The summed E-state index contributed by atoms with van der Waals surface area (Å²) < 4.78 is 31.2. The molecule has 1 aromatic heterocycles. The van der Waals surface area contributed by atoms with Crippen molar-refractivity contribution in [3.63, 3.8) is 0 Å². The number of nitrogen functional groups attached to an aromatic ring is 1. The average Bonchev–Trinajstić information content (AvgIpc) is 2.94. The number of anilines is 2. The Morgan fingerprint density at radius 1 is 1.15 bits per heavy atom. The number of piperazine rings is 1. The van der Waals surface area contributed by atoms with E-state index in [0.717, 1.165) is 5.56 Å². The lowest BCUT2D eigenvalue weighted by atomic mass is 10.0. The minimum absolute atomic E-state index is 0. The lowest BCUT2D eigenvalue weighted by Crippen LogP contribution is -2.49. The summed E-state index contributed by atoms with van der Waals surface area (Å²) in [5.74, 6) is -0.288. The molecule has 1 atom stereocenters. The van der Waals surface area contributed by atoms with Crippen LogP contribution in [0.4, 0.5) is 16.2 Å². The van der Waals surface area contributed by atoms with Crippen molar-refractivity contribution in [1.82, 2.24) is 14.9 Å². The first-order valence-corrected chi connectivity index (χ1v) is 12.1. The number of halogens is 2. The summed E-state index contributed by atoms with van der Waals surface area (Å²) in [4.78, 5) is 25.3. The van der Waals surface area contributed by atoms with Crippen molar-refractivity contribution in [2.24, 2.45) is 5.73 Å². The van der Waals surface area contributed by atoms with E-state index in [4.69, 9.17) is 30.9 Å². The number of carbonyl (C=O) groups is 1. The van der Waals surface area contributed by atoms with Crippen molar-refractivity contribution >= 4 is 41.0 Å². The lowest BCUT2D eigenvalue weighted by Gasteiger charge is -2.35. The van der Waals surface area contributed by atoms with Crippen molar-refractivity contribution in [2.45, 2.75) is 12.5 Å². The Hall–Kier alpha value is -3.92. The molecule has 1 saturated heterocycles. The first kappa shape index (κ1) is 29.6. The number of hydrogen-bond acceptors (Lipinski definition) is 10. The van der Waals surface area contributed by atoms with Crippen molar-refractivity contribution in [3.05, 3.63) is 47.3 Å². The van der Waals surface area contributed by atoms with Gasteiger partial charge in [-0.1, -0.05) is 12.1 Å². The first-order valence-electron chi connectivity index (χ1n) is 12.1. The van der Waals surface area contributed by atoms with Gasteiger partial charge in [0.25, 0.3) is 0 Å². The number of fused-ring (bicyclic) bond motifs is 1. The topological polar surface area (TPSA) is 153 Å². The average molecular weight is 560 g/mol. The molecule has 1 aliphatic rings. The van der Waals surface area contributed by atoms with Crippen LogP contribution in [0.3, 0.4) is 0 Å². The summed E-state index contributed by atoms with van der Waals surface area (Å²) in [5, 5.41) is 9.26. The molecule has 2 heterocycles. The molecule has 0 aliphatic carbocycles. The maximum atomic E-state index is 15.5. The van der Waals surface area contributed by atoms with E-state index >= 15 is 4.39 Å². The van der Waals surface area contributed by atoms with Crippen LogP contribution < -0.4 is 25.8 Å². The molecule has 11 nitrogen and oxygen atoms in total. The van der Waals surface area contributed by atoms with Crippen molar-refractivity contribution in [3.8, 4) is 17.6 Å². The molecule has 4 rings (SSSR count). The number of ether oxygens (including phenoxy) is 3. The third-order valence-corrected chi connectivity index (χ3v) is 6.40. The van der Waals surface area contributed by atoms with Gasteiger partial charge in [-0.2, -0.15) is 10.2 Å². The predicted molar refractivity (Wildman–Crippen MR) is 147 cm³/mol. The summed E-state index contributed by atoms with van der Waals surface area (Å²) in [6.45, 7) is 2.15. The molecule has 3 aromatic rings. The summed E-state index contributed by atoms with van der Waals surface area (Å²) >= 11 is 0. The van der Waals surface area contributed by atoms with Gasteiger partial charge in [0.1, 0.15) is 17.9 Å². The highest BCUT2D eigenvalue weighted by molar-refractivity contribution is 5.92. The number of nitriles is 1. The number of rotatable bonds is 9. The van der Waals surface area contributed by atoms with E-state index < -0.39 is 11.9 Å². The number of methoxy groups -OCH3 is 2. The fraction of sp³-hybridized carbons (Fsp3) is 0.385. The van der Waals surface area contributed by atoms with Crippen LogP contribution in [0.5, 0.6) is 11.5 Å².